The number of nitrogens with zero attached hydrogens (tertiary/aromatic N) is 2. The maximum Gasteiger partial charge on any atom is 0.168 e. The molecule has 0 saturated heterocycles. The standard InChI is InChI=1S/C9H6N4OS/c10-4-6(5-11)3-7-1-2-8(14-7)15-9(12)13/h1-3H,(H3,12,13). The van der Waals surface area contributed by atoms with Crippen molar-refractivity contribution in [1.82, 2.24) is 0 Å². The SMILES string of the molecule is N#CC(C#N)=Cc1ccc(SC(=N)N)o1. The first kappa shape index (κ1) is 10.9. The molecule has 0 atom stereocenters. The number of furan rings is 1. The molecule has 1 heterocycles. The summed E-state index contributed by atoms with van der Waals surface area (Å²) < 4.78 is 5.19. The molecule has 1 aromatic rings. The van der Waals surface area contributed by atoms with Gasteiger partial charge in [0.2, 0.25) is 0 Å². The van der Waals surface area contributed by atoms with Gasteiger partial charge in [-0.25, -0.2) is 0 Å². The Morgan fingerprint density at radius 3 is 2.67 bits per heavy atom. The molecule has 6 heteroatoms. The molecule has 0 radical (unpaired) electrons. The zero-order valence-corrected chi connectivity index (χ0v) is 8.34. The van der Waals surface area contributed by atoms with E-state index in [0.29, 0.717) is 10.9 Å². The summed E-state index contributed by atoms with van der Waals surface area (Å²) in [6.07, 6.45) is 1.32. The molecular formula is C9H6N4OS. The van der Waals surface area contributed by atoms with Gasteiger partial charge in [-0.1, -0.05) is 0 Å². The minimum Gasteiger partial charge on any atom is -0.450 e. The molecule has 1 aromatic heterocycles. The van der Waals surface area contributed by atoms with E-state index in [-0.39, 0.29) is 10.7 Å². The van der Waals surface area contributed by atoms with Crippen molar-refractivity contribution in [2.45, 2.75) is 5.09 Å². The first-order chi connectivity index (χ1) is 7.15. The largest absolute Gasteiger partial charge is 0.450 e. The van der Waals surface area contributed by atoms with Crippen molar-refractivity contribution in [2.24, 2.45) is 5.73 Å². The quantitative estimate of drug-likeness (QED) is 0.339. The monoisotopic (exact) mass is 218 g/mol. The Morgan fingerprint density at radius 1 is 1.47 bits per heavy atom. The third-order valence-electron chi connectivity index (χ3n) is 1.34. The second-order valence-corrected chi connectivity index (χ2v) is 3.45. The number of amidine groups is 1. The molecule has 74 valence electrons. The molecule has 0 aromatic carbocycles. The highest BCUT2D eigenvalue weighted by Gasteiger charge is 2.03. The summed E-state index contributed by atoms with van der Waals surface area (Å²) in [5, 5.41) is 24.4. The lowest BCUT2D eigenvalue weighted by Gasteiger charge is -1.91. The predicted octanol–water partition coefficient (Wildman–Crippen LogP) is 1.70. The Morgan fingerprint density at radius 2 is 2.13 bits per heavy atom. The summed E-state index contributed by atoms with van der Waals surface area (Å²) >= 11 is 0.961. The van der Waals surface area contributed by atoms with E-state index in [1.54, 1.807) is 24.3 Å². The average molecular weight is 218 g/mol. The predicted molar refractivity (Wildman–Crippen MR) is 55.7 cm³/mol. The molecule has 0 aliphatic carbocycles. The molecule has 3 N–H and O–H groups in total. The number of rotatable bonds is 2. The zero-order valence-electron chi connectivity index (χ0n) is 7.52. The van der Waals surface area contributed by atoms with Crippen molar-refractivity contribution in [1.29, 1.82) is 15.9 Å². The van der Waals surface area contributed by atoms with Crippen LogP contribution in [0.2, 0.25) is 0 Å². The highest BCUT2D eigenvalue weighted by molar-refractivity contribution is 8.13. The van der Waals surface area contributed by atoms with Crippen LogP contribution in [0.15, 0.2) is 27.2 Å². The molecule has 0 spiro atoms. The number of thioether (sulfide) groups is 1. The fourth-order valence-corrected chi connectivity index (χ4v) is 1.30. The van der Waals surface area contributed by atoms with E-state index in [4.69, 9.17) is 26.1 Å². The number of allylic oxidation sites excluding steroid dienone is 1. The Hall–Kier alpha value is -2.18. The number of nitriles is 2. The molecule has 0 fully saturated rings. The topological polar surface area (TPSA) is 111 Å². The summed E-state index contributed by atoms with van der Waals surface area (Å²) in [6, 6.07) is 6.65. The lowest BCUT2D eigenvalue weighted by molar-refractivity contribution is 0.467. The van der Waals surface area contributed by atoms with Gasteiger partial charge in [-0.05, 0) is 23.9 Å². The van der Waals surface area contributed by atoms with Gasteiger partial charge in [-0.15, -0.1) is 0 Å². The lowest BCUT2D eigenvalue weighted by Crippen LogP contribution is -2.02. The van der Waals surface area contributed by atoms with Crippen LogP contribution in [0.1, 0.15) is 5.76 Å². The second kappa shape index (κ2) is 4.89. The van der Waals surface area contributed by atoms with E-state index in [2.05, 4.69) is 0 Å². The third kappa shape index (κ3) is 3.22. The van der Waals surface area contributed by atoms with E-state index < -0.39 is 0 Å². The number of hydrogen-bond acceptors (Lipinski definition) is 5. The van der Waals surface area contributed by atoms with E-state index >= 15 is 0 Å². The maximum atomic E-state index is 8.50. The van der Waals surface area contributed by atoms with Crippen molar-refractivity contribution < 1.29 is 4.42 Å². The molecule has 0 saturated carbocycles. The Kier molecular flexibility index (Phi) is 3.55. The first-order valence-electron chi connectivity index (χ1n) is 3.79. The number of nitrogens with two attached hydrogens (primary N) is 1. The minimum absolute atomic E-state index is 0.0382. The van der Waals surface area contributed by atoms with Crippen LogP contribution in [0.25, 0.3) is 6.08 Å². The van der Waals surface area contributed by atoms with Gasteiger partial charge in [0.15, 0.2) is 10.3 Å². The zero-order chi connectivity index (χ0) is 11.3. The van der Waals surface area contributed by atoms with Gasteiger partial charge >= 0.3 is 0 Å². The van der Waals surface area contributed by atoms with Crippen LogP contribution in [0.5, 0.6) is 0 Å². The summed E-state index contributed by atoms with van der Waals surface area (Å²) in [5.41, 5.74) is 5.12. The smallest absolute Gasteiger partial charge is 0.168 e. The Labute approximate surface area is 90.3 Å². The van der Waals surface area contributed by atoms with Gasteiger partial charge in [-0.2, -0.15) is 10.5 Å². The van der Waals surface area contributed by atoms with Gasteiger partial charge in [0, 0.05) is 6.08 Å². The highest BCUT2D eigenvalue weighted by Crippen LogP contribution is 2.21. The van der Waals surface area contributed by atoms with Crippen molar-refractivity contribution in [3.05, 3.63) is 23.5 Å². The Bertz CT molecular complexity index is 473. The summed E-state index contributed by atoms with van der Waals surface area (Å²) in [7, 11) is 0. The summed E-state index contributed by atoms with van der Waals surface area (Å²) in [6.45, 7) is 0. The van der Waals surface area contributed by atoms with E-state index in [1.807, 2.05) is 0 Å². The molecule has 0 unspecified atom stereocenters. The molecule has 5 nitrogen and oxygen atoms in total. The number of hydrogen-bond donors (Lipinski definition) is 2. The van der Waals surface area contributed by atoms with Gasteiger partial charge in [-0.3, -0.25) is 5.41 Å². The van der Waals surface area contributed by atoms with Crippen LogP contribution in [-0.2, 0) is 0 Å². The van der Waals surface area contributed by atoms with Crippen LogP contribution in [0.3, 0.4) is 0 Å². The van der Waals surface area contributed by atoms with Crippen LogP contribution < -0.4 is 5.73 Å². The normalized spacial score (nSPS) is 8.67. The van der Waals surface area contributed by atoms with Crippen LogP contribution in [0, 0.1) is 28.1 Å². The lowest BCUT2D eigenvalue weighted by atomic mass is 10.3. The summed E-state index contributed by atoms with van der Waals surface area (Å²) in [4.78, 5) is 0. The molecular weight excluding hydrogens is 212 g/mol. The molecule has 1 rings (SSSR count). The fourth-order valence-electron chi connectivity index (χ4n) is 0.807. The van der Waals surface area contributed by atoms with Crippen molar-refractivity contribution in [2.75, 3.05) is 0 Å². The molecule has 15 heavy (non-hydrogen) atoms. The summed E-state index contributed by atoms with van der Waals surface area (Å²) in [5.74, 6) is 0.386. The van der Waals surface area contributed by atoms with Gasteiger partial charge < -0.3 is 10.2 Å². The minimum atomic E-state index is -0.0827. The Balaban J connectivity index is 2.87. The average Bonchev–Trinajstić information content (AvgIpc) is 2.61. The fraction of sp³-hybridized carbons (Fsp3) is 0. The van der Waals surface area contributed by atoms with Crippen LogP contribution in [-0.4, -0.2) is 5.17 Å². The maximum absolute atomic E-state index is 8.50. The van der Waals surface area contributed by atoms with Gasteiger partial charge in [0.05, 0.1) is 0 Å². The van der Waals surface area contributed by atoms with Gasteiger partial charge in [0.25, 0.3) is 0 Å². The second-order valence-electron chi connectivity index (χ2n) is 2.40. The molecule has 0 aliphatic heterocycles. The van der Waals surface area contributed by atoms with Crippen LogP contribution in [0.4, 0.5) is 0 Å². The first-order valence-corrected chi connectivity index (χ1v) is 4.61. The highest BCUT2D eigenvalue weighted by atomic mass is 32.2. The van der Waals surface area contributed by atoms with Crippen molar-refractivity contribution in [3.8, 4) is 12.1 Å². The van der Waals surface area contributed by atoms with E-state index in [0.717, 1.165) is 11.8 Å². The van der Waals surface area contributed by atoms with E-state index in [9.17, 15) is 0 Å². The van der Waals surface area contributed by atoms with Crippen LogP contribution >= 0.6 is 11.8 Å². The molecule has 0 bridgehead atoms. The van der Waals surface area contributed by atoms with E-state index in [1.165, 1.54) is 6.08 Å². The molecule has 0 amide bonds. The van der Waals surface area contributed by atoms with Crippen molar-refractivity contribution >= 4 is 23.0 Å². The third-order valence-corrected chi connectivity index (χ3v) is 1.98. The molecule has 0 aliphatic rings. The van der Waals surface area contributed by atoms with Crippen molar-refractivity contribution in [3.63, 3.8) is 0 Å². The number of nitrogens with one attached hydrogen (secondary N) is 1. The van der Waals surface area contributed by atoms with Gasteiger partial charge in [0.1, 0.15) is 23.5 Å².